The number of unbranched alkanes of at least 4 members (excludes halogenated alkanes) is 2. The zero-order valence-corrected chi connectivity index (χ0v) is 13.3. The summed E-state index contributed by atoms with van der Waals surface area (Å²) in [5, 5.41) is 8.77. The van der Waals surface area contributed by atoms with Crippen LogP contribution in [0, 0.1) is 0 Å². The number of imide groups is 1. The van der Waals surface area contributed by atoms with E-state index in [1.54, 1.807) is 12.5 Å². The number of carboxylic acids is 1. The quantitative estimate of drug-likeness (QED) is 0.530. The van der Waals surface area contributed by atoms with E-state index >= 15 is 0 Å². The van der Waals surface area contributed by atoms with Crippen molar-refractivity contribution in [3.63, 3.8) is 0 Å². The van der Waals surface area contributed by atoms with Gasteiger partial charge in [0.2, 0.25) is 18.1 Å². The molecular formula is C15H21N4O5. The smallest absolute Gasteiger partial charge is 0.305 e. The van der Waals surface area contributed by atoms with Crippen LogP contribution in [0.2, 0.25) is 0 Å². The van der Waals surface area contributed by atoms with E-state index in [-0.39, 0.29) is 6.42 Å². The van der Waals surface area contributed by atoms with Crippen LogP contribution in [-0.4, -0.2) is 56.2 Å². The van der Waals surface area contributed by atoms with Gasteiger partial charge in [-0.3, -0.25) is 24.1 Å². The molecule has 0 fully saturated rings. The fraction of sp³-hybridized carbons (Fsp3) is 0.533. The van der Waals surface area contributed by atoms with Crippen LogP contribution in [0.15, 0.2) is 18.7 Å². The number of rotatable bonds is 11. The van der Waals surface area contributed by atoms with Crippen LogP contribution in [0.25, 0.3) is 0 Å². The highest BCUT2D eigenvalue weighted by molar-refractivity contribution is 5.99. The Morgan fingerprint density at radius 1 is 1.25 bits per heavy atom. The number of carboxylic acid groups (broad SMARTS) is 1. The van der Waals surface area contributed by atoms with Gasteiger partial charge in [0.1, 0.15) is 6.04 Å². The summed E-state index contributed by atoms with van der Waals surface area (Å²) in [6.07, 6.45) is 8.09. The fourth-order valence-electron chi connectivity index (χ4n) is 2.22. The number of nitrogens with zero attached hydrogens (tertiary/aromatic N) is 3. The molecule has 9 heteroatoms. The number of hydrogen-bond donors (Lipinski definition) is 2. The molecule has 1 aromatic heterocycles. The van der Waals surface area contributed by atoms with Gasteiger partial charge in [-0.15, -0.1) is 0 Å². The number of amides is 2. The van der Waals surface area contributed by atoms with Crippen LogP contribution in [0.4, 0.5) is 0 Å². The van der Waals surface area contributed by atoms with Gasteiger partial charge in [0.05, 0.1) is 19.3 Å². The van der Waals surface area contributed by atoms with Gasteiger partial charge in [0.25, 0.3) is 0 Å². The van der Waals surface area contributed by atoms with Crippen molar-refractivity contribution in [2.24, 2.45) is 5.73 Å². The van der Waals surface area contributed by atoms with E-state index in [0.29, 0.717) is 11.3 Å². The lowest BCUT2D eigenvalue weighted by Crippen LogP contribution is -2.48. The summed E-state index contributed by atoms with van der Waals surface area (Å²) in [6, 6.07) is -1.45. The van der Waals surface area contributed by atoms with E-state index in [9.17, 15) is 19.2 Å². The summed E-state index contributed by atoms with van der Waals surface area (Å²) in [6.45, 7) is 0.285. The Morgan fingerprint density at radius 3 is 2.54 bits per heavy atom. The molecule has 1 rings (SSSR count). The second-order valence-corrected chi connectivity index (χ2v) is 5.20. The van der Waals surface area contributed by atoms with E-state index in [1.807, 2.05) is 10.8 Å². The van der Waals surface area contributed by atoms with E-state index in [4.69, 9.17) is 10.8 Å². The third-order valence-corrected chi connectivity index (χ3v) is 3.39. The maximum Gasteiger partial charge on any atom is 0.305 e. The van der Waals surface area contributed by atoms with Gasteiger partial charge in [-0.2, -0.15) is 0 Å². The van der Waals surface area contributed by atoms with Crippen LogP contribution < -0.4 is 5.73 Å². The van der Waals surface area contributed by atoms with Gasteiger partial charge in [0, 0.05) is 25.4 Å². The monoisotopic (exact) mass is 337 g/mol. The fourth-order valence-corrected chi connectivity index (χ4v) is 2.22. The number of aliphatic carboxylic acids is 1. The predicted molar refractivity (Wildman–Crippen MR) is 83.3 cm³/mol. The molecule has 0 saturated heterocycles. The zero-order valence-electron chi connectivity index (χ0n) is 13.3. The van der Waals surface area contributed by atoms with Crippen molar-refractivity contribution >= 4 is 24.1 Å². The molecule has 1 aromatic rings. The lowest BCUT2D eigenvalue weighted by atomic mass is 10.1. The third-order valence-electron chi connectivity index (χ3n) is 3.39. The number of nitrogens with two attached hydrogens (primary N) is 1. The highest BCUT2D eigenvalue weighted by Gasteiger charge is 2.30. The Kier molecular flexibility index (Phi) is 8.34. The number of carbonyl (C=O) groups is 3. The molecule has 1 heterocycles. The molecule has 1 atom stereocenters. The predicted octanol–water partition coefficient (Wildman–Crippen LogP) is -0.290. The molecule has 131 valence electrons. The average molecular weight is 337 g/mol. The Labute approximate surface area is 139 Å². The number of aryl methyl sites for hydroxylation is 1. The first kappa shape index (κ1) is 19.5. The molecule has 2 amide bonds. The van der Waals surface area contributed by atoms with E-state index in [0.717, 1.165) is 19.4 Å². The van der Waals surface area contributed by atoms with Crippen LogP contribution in [0.1, 0.15) is 32.1 Å². The van der Waals surface area contributed by atoms with Crippen LogP contribution in [0.5, 0.6) is 0 Å². The molecule has 0 bridgehead atoms. The highest BCUT2D eigenvalue weighted by atomic mass is 16.4. The molecule has 1 radical (unpaired) electrons. The van der Waals surface area contributed by atoms with Crippen molar-refractivity contribution in [2.75, 3.05) is 6.54 Å². The SMILES string of the molecule is NCC(=O)N(C(=O)CCCCCn1ccnc1)[C@H]([C]=O)CC(=O)O. The van der Waals surface area contributed by atoms with Crippen molar-refractivity contribution in [2.45, 2.75) is 44.7 Å². The first-order valence-corrected chi connectivity index (χ1v) is 7.59. The van der Waals surface area contributed by atoms with Gasteiger partial charge < -0.3 is 15.4 Å². The van der Waals surface area contributed by atoms with Gasteiger partial charge in [-0.1, -0.05) is 6.42 Å². The summed E-state index contributed by atoms with van der Waals surface area (Å²) in [5.41, 5.74) is 5.24. The van der Waals surface area contributed by atoms with Crippen molar-refractivity contribution in [3.05, 3.63) is 18.7 Å². The van der Waals surface area contributed by atoms with Crippen molar-refractivity contribution < 1.29 is 24.3 Å². The van der Waals surface area contributed by atoms with Crippen molar-refractivity contribution in [1.82, 2.24) is 14.5 Å². The third kappa shape index (κ3) is 6.29. The van der Waals surface area contributed by atoms with E-state index in [1.165, 1.54) is 6.29 Å². The second kappa shape index (κ2) is 10.3. The summed E-state index contributed by atoms with van der Waals surface area (Å²) in [7, 11) is 0. The summed E-state index contributed by atoms with van der Waals surface area (Å²) < 4.78 is 1.91. The molecule has 9 nitrogen and oxygen atoms in total. The first-order chi connectivity index (χ1) is 11.5. The minimum Gasteiger partial charge on any atom is -0.481 e. The Bertz CT molecular complexity index is 558. The highest BCUT2D eigenvalue weighted by Crippen LogP contribution is 2.10. The zero-order chi connectivity index (χ0) is 17.9. The molecule has 0 unspecified atom stereocenters. The molecule has 0 spiro atoms. The van der Waals surface area contributed by atoms with Gasteiger partial charge >= 0.3 is 5.97 Å². The lowest BCUT2D eigenvalue weighted by Gasteiger charge is -2.24. The summed E-state index contributed by atoms with van der Waals surface area (Å²) >= 11 is 0. The Hall–Kier alpha value is -2.55. The van der Waals surface area contributed by atoms with Crippen LogP contribution >= 0.6 is 0 Å². The molecule has 24 heavy (non-hydrogen) atoms. The maximum atomic E-state index is 12.2. The maximum absolute atomic E-state index is 12.2. The number of carbonyl (C=O) groups excluding carboxylic acids is 3. The van der Waals surface area contributed by atoms with Gasteiger partial charge in [-0.05, 0) is 12.8 Å². The minimum atomic E-state index is -1.45. The van der Waals surface area contributed by atoms with Crippen LogP contribution in [-0.2, 0) is 25.7 Å². The normalized spacial score (nSPS) is 11.7. The Balaban J connectivity index is 2.49. The van der Waals surface area contributed by atoms with E-state index in [2.05, 4.69) is 4.98 Å². The second-order valence-electron chi connectivity index (χ2n) is 5.20. The number of hydrogen-bond acceptors (Lipinski definition) is 6. The molecule has 0 aliphatic carbocycles. The van der Waals surface area contributed by atoms with Gasteiger partial charge in [-0.25, -0.2) is 4.98 Å². The molecular weight excluding hydrogens is 316 g/mol. The van der Waals surface area contributed by atoms with Crippen LogP contribution in [0.3, 0.4) is 0 Å². The van der Waals surface area contributed by atoms with Crippen molar-refractivity contribution in [1.29, 1.82) is 0 Å². The minimum absolute atomic E-state index is 0.0352. The largest absolute Gasteiger partial charge is 0.481 e. The first-order valence-electron chi connectivity index (χ1n) is 7.59. The molecule has 0 saturated carbocycles. The molecule has 0 aliphatic rings. The standard InChI is InChI=1S/C15H21N4O5/c16-9-14(22)19(12(10-20)8-15(23)24)13(21)4-2-1-3-6-18-7-5-17-11-18/h5,7,11-12H,1-4,6,8-9,16H2,(H,23,24)/t12-/m0/s1. The topological polar surface area (TPSA) is 136 Å². The number of imidazole rings is 1. The van der Waals surface area contributed by atoms with Crippen molar-refractivity contribution in [3.8, 4) is 0 Å². The molecule has 0 aliphatic heterocycles. The molecule has 3 N–H and O–H groups in total. The van der Waals surface area contributed by atoms with Gasteiger partial charge in [0.15, 0.2) is 0 Å². The van der Waals surface area contributed by atoms with E-state index < -0.39 is 36.8 Å². The average Bonchev–Trinajstić information content (AvgIpc) is 3.06. The Morgan fingerprint density at radius 2 is 2.00 bits per heavy atom. The molecule has 0 aromatic carbocycles. The lowest BCUT2D eigenvalue weighted by molar-refractivity contribution is -0.147. The number of aromatic nitrogens is 2. The summed E-state index contributed by atoms with van der Waals surface area (Å²) in [5.74, 6) is -2.69. The summed E-state index contributed by atoms with van der Waals surface area (Å²) in [4.78, 5) is 50.2.